The highest BCUT2D eigenvalue weighted by molar-refractivity contribution is 7.98. The smallest absolute Gasteiger partial charge is 0.254 e. The van der Waals surface area contributed by atoms with E-state index in [-0.39, 0.29) is 29.2 Å². The Hall–Kier alpha value is -2.28. The van der Waals surface area contributed by atoms with Gasteiger partial charge in [0.1, 0.15) is 0 Å². The fourth-order valence-electron chi connectivity index (χ4n) is 3.59. The molecule has 1 aromatic carbocycles. The van der Waals surface area contributed by atoms with E-state index in [1.165, 1.54) is 27.4 Å². The Morgan fingerprint density at radius 2 is 2.03 bits per heavy atom. The van der Waals surface area contributed by atoms with E-state index in [4.69, 9.17) is 0 Å². The van der Waals surface area contributed by atoms with Crippen LogP contribution in [0.25, 0.3) is 10.2 Å². The molecule has 1 aliphatic heterocycles. The number of aromatic nitrogens is 3. The molecule has 0 radical (unpaired) electrons. The normalized spacial score (nSPS) is 14.8. The number of nitrogens with zero attached hydrogens (tertiary/aromatic N) is 3. The predicted octanol–water partition coefficient (Wildman–Crippen LogP) is 2.77. The van der Waals surface area contributed by atoms with Crippen molar-refractivity contribution in [1.29, 1.82) is 0 Å². The number of aromatic amines is 1. The second-order valence-corrected chi connectivity index (χ2v) is 11.2. The summed E-state index contributed by atoms with van der Waals surface area (Å²) in [5.74, 6) is -0.276. The second-order valence-electron chi connectivity index (χ2n) is 7.45. The number of benzene rings is 1. The van der Waals surface area contributed by atoms with Gasteiger partial charge < -0.3 is 10.3 Å². The van der Waals surface area contributed by atoms with Gasteiger partial charge in [0.25, 0.3) is 5.56 Å². The highest BCUT2D eigenvalue weighted by atomic mass is 32.2. The fourth-order valence-corrected chi connectivity index (χ4v) is 6.56. The first-order valence-corrected chi connectivity index (χ1v) is 13.6. The van der Waals surface area contributed by atoms with Crippen LogP contribution in [0.3, 0.4) is 0 Å². The number of thioether (sulfide) groups is 1. The number of hydrogen-bond donors (Lipinski definition) is 2. The third-order valence-corrected chi connectivity index (χ3v) is 8.71. The van der Waals surface area contributed by atoms with Crippen molar-refractivity contribution in [3.05, 3.63) is 39.8 Å². The minimum absolute atomic E-state index is 0.106. The number of aryl methyl sites for hydroxylation is 1. The van der Waals surface area contributed by atoms with Gasteiger partial charge in [-0.15, -0.1) is 0 Å². The maximum absolute atomic E-state index is 12.8. The molecule has 2 N–H and O–H groups in total. The first kappa shape index (κ1) is 22.9. The lowest BCUT2D eigenvalue weighted by Crippen LogP contribution is -2.27. The summed E-state index contributed by atoms with van der Waals surface area (Å²) in [6.07, 6.45) is 3.95. The highest BCUT2D eigenvalue weighted by Crippen LogP contribution is 2.30. The molecule has 0 atom stereocenters. The van der Waals surface area contributed by atoms with Crippen LogP contribution < -0.4 is 10.9 Å². The molecule has 3 aromatic rings. The van der Waals surface area contributed by atoms with Gasteiger partial charge in [-0.1, -0.05) is 23.1 Å². The van der Waals surface area contributed by atoms with E-state index in [0.717, 1.165) is 12.8 Å². The van der Waals surface area contributed by atoms with E-state index in [1.807, 2.05) is 6.26 Å². The zero-order valence-electron chi connectivity index (χ0n) is 17.7. The average molecular weight is 494 g/mol. The maximum atomic E-state index is 12.8. The van der Waals surface area contributed by atoms with Gasteiger partial charge in [0.2, 0.25) is 15.9 Å². The van der Waals surface area contributed by atoms with Crippen LogP contribution in [-0.2, 0) is 21.2 Å². The zero-order valence-corrected chi connectivity index (χ0v) is 20.1. The Kier molecular flexibility index (Phi) is 6.65. The average Bonchev–Trinajstić information content (AvgIpc) is 3.42. The van der Waals surface area contributed by atoms with Crippen LogP contribution in [0.2, 0.25) is 0 Å². The van der Waals surface area contributed by atoms with E-state index in [9.17, 15) is 18.0 Å². The van der Waals surface area contributed by atoms with Gasteiger partial charge in [-0.3, -0.25) is 9.59 Å². The highest BCUT2D eigenvalue weighted by Gasteiger charge is 2.27. The number of amides is 1. The molecule has 170 valence electrons. The van der Waals surface area contributed by atoms with Crippen LogP contribution in [0.15, 0.2) is 33.0 Å². The lowest BCUT2D eigenvalue weighted by molar-refractivity contribution is -0.116. The number of thiazole rings is 1. The molecule has 0 saturated carbocycles. The van der Waals surface area contributed by atoms with Crippen molar-refractivity contribution in [2.24, 2.45) is 0 Å². The lowest BCUT2D eigenvalue weighted by atomic mass is 10.1. The molecular formula is C20H23N5O4S3. The number of sulfonamides is 1. The summed E-state index contributed by atoms with van der Waals surface area (Å²) in [5.41, 5.74) is 1.48. The van der Waals surface area contributed by atoms with Gasteiger partial charge in [-0.25, -0.2) is 18.4 Å². The zero-order chi connectivity index (χ0) is 22.9. The summed E-state index contributed by atoms with van der Waals surface area (Å²) in [4.78, 5) is 36.3. The molecule has 1 amide bonds. The number of carbonyl (C=O) groups is 1. The van der Waals surface area contributed by atoms with Crippen LogP contribution >= 0.6 is 23.1 Å². The van der Waals surface area contributed by atoms with Gasteiger partial charge in [-0.05, 0) is 50.6 Å². The predicted molar refractivity (Wildman–Crippen MR) is 126 cm³/mol. The lowest BCUT2D eigenvalue weighted by Gasteiger charge is -2.15. The van der Waals surface area contributed by atoms with Crippen molar-refractivity contribution in [2.45, 2.75) is 42.7 Å². The summed E-state index contributed by atoms with van der Waals surface area (Å²) in [5, 5.41) is 3.68. The molecule has 0 bridgehead atoms. The summed E-state index contributed by atoms with van der Waals surface area (Å²) in [6.45, 7) is 2.84. The molecule has 1 saturated heterocycles. The summed E-state index contributed by atoms with van der Waals surface area (Å²) >= 11 is 2.57. The molecular weight excluding hydrogens is 470 g/mol. The molecule has 9 nitrogen and oxygen atoms in total. The summed E-state index contributed by atoms with van der Waals surface area (Å²) in [6, 6.07) is 4.83. The van der Waals surface area contributed by atoms with Crippen LogP contribution in [0, 0.1) is 6.92 Å². The SMILES string of the molecule is CSc1nc(C)c(CCC(=O)Nc2nc3ccc(S(=O)(=O)N4CCCC4)cc3s2)c(=O)[nH]1. The van der Waals surface area contributed by atoms with Crippen LogP contribution in [0.4, 0.5) is 5.13 Å². The molecule has 3 heterocycles. The minimum atomic E-state index is -3.51. The van der Waals surface area contributed by atoms with Gasteiger partial charge in [0, 0.05) is 30.8 Å². The fraction of sp³-hybridized carbons (Fsp3) is 0.400. The second kappa shape index (κ2) is 9.30. The van der Waals surface area contributed by atoms with Gasteiger partial charge in [0.05, 0.1) is 15.1 Å². The number of rotatable bonds is 7. The van der Waals surface area contributed by atoms with Gasteiger partial charge >= 0.3 is 0 Å². The van der Waals surface area contributed by atoms with Gasteiger partial charge in [0.15, 0.2) is 10.3 Å². The summed E-state index contributed by atoms with van der Waals surface area (Å²) in [7, 11) is -3.51. The number of nitrogens with one attached hydrogen (secondary N) is 2. The largest absolute Gasteiger partial charge is 0.302 e. The van der Waals surface area contributed by atoms with Crippen molar-refractivity contribution < 1.29 is 13.2 Å². The van der Waals surface area contributed by atoms with Crippen LogP contribution in [-0.4, -0.2) is 52.9 Å². The Bertz CT molecular complexity index is 1330. The first-order chi connectivity index (χ1) is 15.3. The molecule has 0 unspecified atom stereocenters. The van der Waals surface area contributed by atoms with E-state index >= 15 is 0 Å². The molecule has 4 rings (SSSR count). The van der Waals surface area contributed by atoms with Gasteiger partial charge in [-0.2, -0.15) is 4.31 Å². The molecule has 12 heteroatoms. The van der Waals surface area contributed by atoms with E-state index in [2.05, 4.69) is 20.3 Å². The van der Waals surface area contributed by atoms with Crippen molar-refractivity contribution in [2.75, 3.05) is 24.7 Å². The topological polar surface area (TPSA) is 125 Å². The molecule has 1 aliphatic rings. The van der Waals surface area contributed by atoms with E-state index in [1.54, 1.807) is 25.1 Å². The van der Waals surface area contributed by atoms with Crippen LogP contribution in [0.5, 0.6) is 0 Å². The molecule has 32 heavy (non-hydrogen) atoms. The number of anilines is 1. The number of carbonyl (C=O) groups excluding carboxylic acids is 1. The molecule has 0 spiro atoms. The number of fused-ring (bicyclic) bond motifs is 1. The Morgan fingerprint density at radius 3 is 2.72 bits per heavy atom. The monoisotopic (exact) mass is 493 g/mol. The third-order valence-electron chi connectivity index (χ3n) is 5.31. The quantitative estimate of drug-likeness (QED) is 0.383. The Morgan fingerprint density at radius 1 is 1.28 bits per heavy atom. The van der Waals surface area contributed by atoms with Crippen molar-refractivity contribution in [1.82, 2.24) is 19.3 Å². The van der Waals surface area contributed by atoms with Crippen molar-refractivity contribution in [3.8, 4) is 0 Å². The first-order valence-electron chi connectivity index (χ1n) is 10.1. The minimum Gasteiger partial charge on any atom is -0.302 e. The van der Waals surface area contributed by atoms with Crippen molar-refractivity contribution >= 4 is 54.4 Å². The Balaban J connectivity index is 1.45. The Labute approximate surface area is 193 Å². The standard InChI is InChI=1S/C20H23N5O4S3/c1-12-14(18(27)24-19(21-12)30-2)6-8-17(26)23-20-22-15-7-5-13(11-16(15)31-20)32(28,29)25-9-3-4-10-25/h5,7,11H,3-4,6,8-10H2,1-2H3,(H,21,24,27)(H,22,23,26). The van der Waals surface area contributed by atoms with Crippen LogP contribution in [0.1, 0.15) is 30.5 Å². The summed E-state index contributed by atoms with van der Waals surface area (Å²) < 4.78 is 27.8. The maximum Gasteiger partial charge on any atom is 0.254 e. The molecule has 0 aliphatic carbocycles. The van der Waals surface area contributed by atoms with E-state index < -0.39 is 10.0 Å². The number of hydrogen-bond acceptors (Lipinski definition) is 8. The molecule has 1 fully saturated rings. The number of H-pyrrole nitrogens is 1. The third kappa shape index (κ3) is 4.72. The van der Waals surface area contributed by atoms with Crippen molar-refractivity contribution in [3.63, 3.8) is 0 Å². The molecule has 2 aromatic heterocycles. The van der Waals surface area contributed by atoms with E-state index in [0.29, 0.717) is 44.9 Å².